The number of hydrogen-bond donors (Lipinski definition) is 1. The van der Waals surface area contributed by atoms with Crippen molar-refractivity contribution >= 4 is 0 Å². The Balaban J connectivity index is 1.77. The van der Waals surface area contributed by atoms with E-state index in [1.165, 1.54) is 12.8 Å². The first-order chi connectivity index (χ1) is 5.85. The van der Waals surface area contributed by atoms with Crippen LogP contribution in [-0.2, 0) is 9.47 Å². The lowest BCUT2D eigenvalue weighted by atomic mass is 10.2. The van der Waals surface area contributed by atoms with E-state index in [0.29, 0.717) is 6.54 Å². The molecule has 3 heteroatoms. The number of ether oxygens (including phenoxy) is 2. The summed E-state index contributed by atoms with van der Waals surface area (Å²) in [5.41, 5.74) is 5.61. The fraction of sp³-hybridized carbons (Fsp3) is 1.00. The Morgan fingerprint density at radius 3 is 2.75 bits per heavy atom. The van der Waals surface area contributed by atoms with Crippen molar-refractivity contribution < 1.29 is 9.47 Å². The van der Waals surface area contributed by atoms with E-state index in [4.69, 9.17) is 15.2 Å². The molecule has 0 aromatic heterocycles. The van der Waals surface area contributed by atoms with Crippen molar-refractivity contribution in [1.82, 2.24) is 0 Å². The van der Waals surface area contributed by atoms with Crippen LogP contribution in [-0.4, -0.2) is 25.0 Å². The van der Waals surface area contributed by atoms with Gasteiger partial charge in [0.2, 0.25) is 0 Å². The Morgan fingerprint density at radius 1 is 1.42 bits per heavy atom. The molecule has 2 rings (SSSR count). The maximum absolute atomic E-state index is 5.79. The van der Waals surface area contributed by atoms with Crippen molar-refractivity contribution in [3.63, 3.8) is 0 Å². The highest BCUT2D eigenvalue weighted by molar-refractivity contribution is 4.97. The van der Waals surface area contributed by atoms with Gasteiger partial charge in [0.1, 0.15) is 0 Å². The summed E-state index contributed by atoms with van der Waals surface area (Å²) in [6, 6.07) is 0. The lowest BCUT2D eigenvalue weighted by Crippen LogP contribution is -2.33. The molecule has 0 bridgehead atoms. The van der Waals surface area contributed by atoms with Gasteiger partial charge in [-0.1, -0.05) is 0 Å². The first kappa shape index (κ1) is 8.48. The lowest BCUT2D eigenvalue weighted by Gasteiger charge is -2.27. The fourth-order valence-corrected chi connectivity index (χ4v) is 1.59. The molecule has 1 atom stereocenters. The zero-order valence-electron chi connectivity index (χ0n) is 7.42. The van der Waals surface area contributed by atoms with Gasteiger partial charge in [-0.2, -0.15) is 0 Å². The maximum atomic E-state index is 5.79. The second-order valence-electron chi connectivity index (χ2n) is 3.80. The maximum Gasteiger partial charge on any atom is 0.158 e. The highest BCUT2D eigenvalue weighted by Gasteiger charge is 2.44. The summed E-state index contributed by atoms with van der Waals surface area (Å²) in [5.74, 6) is 0. The van der Waals surface area contributed by atoms with Gasteiger partial charge in [-0.25, -0.2) is 0 Å². The standard InChI is InChI=1S/C9H17NO2/c10-7-9(4-5-9)12-8-3-1-2-6-11-8/h8H,1-7,10H2. The zero-order chi connectivity index (χ0) is 8.44. The largest absolute Gasteiger partial charge is 0.353 e. The summed E-state index contributed by atoms with van der Waals surface area (Å²) in [6.45, 7) is 1.50. The first-order valence-corrected chi connectivity index (χ1v) is 4.84. The van der Waals surface area contributed by atoms with Gasteiger partial charge in [-0.15, -0.1) is 0 Å². The lowest BCUT2D eigenvalue weighted by molar-refractivity contribution is -0.194. The van der Waals surface area contributed by atoms with Gasteiger partial charge in [-0.3, -0.25) is 0 Å². The summed E-state index contributed by atoms with van der Waals surface area (Å²) in [7, 11) is 0. The van der Waals surface area contributed by atoms with Crippen LogP contribution in [0.5, 0.6) is 0 Å². The van der Waals surface area contributed by atoms with Crippen LogP contribution in [0.4, 0.5) is 0 Å². The van der Waals surface area contributed by atoms with Crippen LogP contribution in [0.25, 0.3) is 0 Å². The second kappa shape index (κ2) is 3.32. The molecule has 0 radical (unpaired) electrons. The first-order valence-electron chi connectivity index (χ1n) is 4.84. The smallest absolute Gasteiger partial charge is 0.158 e. The van der Waals surface area contributed by atoms with Gasteiger partial charge in [0.15, 0.2) is 6.29 Å². The molecule has 1 aliphatic heterocycles. The monoisotopic (exact) mass is 171 g/mol. The Bertz CT molecular complexity index is 151. The minimum atomic E-state index is 0.00199. The third-order valence-corrected chi connectivity index (χ3v) is 2.70. The molecule has 1 saturated heterocycles. The summed E-state index contributed by atoms with van der Waals surface area (Å²) < 4.78 is 11.3. The predicted octanol–water partition coefficient (Wildman–Crippen LogP) is 1.02. The average Bonchev–Trinajstić information content (AvgIpc) is 2.88. The molecule has 2 N–H and O–H groups in total. The number of hydrogen-bond acceptors (Lipinski definition) is 3. The normalized spacial score (nSPS) is 33.2. The molecular weight excluding hydrogens is 154 g/mol. The van der Waals surface area contributed by atoms with Crippen LogP contribution in [0.2, 0.25) is 0 Å². The van der Waals surface area contributed by atoms with E-state index >= 15 is 0 Å². The van der Waals surface area contributed by atoms with Crippen molar-refractivity contribution in [2.75, 3.05) is 13.2 Å². The van der Waals surface area contributed by atoms with E-state index in [9.17, 15) is 0 Å². The molecule has 1 saturated carbocycles. The van der Waals surface area contributed by atoms with Gasteiger partial charge in [0, 0.05) is 13.2 Å². The van der Waals surface area contributed by atoms with Crippen LogP contribution >= 0.6 is 0 Å². The molecule has 2 aliphatic rings. The zero-order valence-corrected chi connectivity index (χ0v) is 7.42. The van der Waals surface area contributed by atoms with E-state index in [1.807, 2.05) is 0 Å². The van der Waals surface area contributed by atoms with Gasteiger partial charge < -0.3 is 15.2 Å². The Kier molecular flexibility index (Phi) is 2.35. The fourth-order valence-electron chi connectivity index (χ4n) is 1.59. The molecular formula is C9H17NO2. The van der Waals surface area contributed by atoms with E-state index in [-0.39, 0.29) is 11.9 Å². The van der Waals surface area contributed by atoms with Crippen molar-refractivity contribution in [2.24, 2.45) is 5.73 Å². The molecule has 1 aliphatic carbocycles. The summed E-state index contributed by atoms with van der Waals surface area (Å²) in [4.78, 5) is 0. The minimum Gasteiger partial charge on any atom is -0.353 e. The van der Waals surface area contributed by atoms with E-state index < -0.39 is 0 Å². The second-order valence-corrected chi connectivity index (χ2v) is 3.80. The molecule has 0 amide bonds. The topological polar surface area (TPSA) is 44.5 Å². The molecule has 1 unspecified atom stereocenters. The van der Waals surface area contributed by atoms with Crippen LogP contribution in [0, 0.1) is 0 Å². The summed E-state index contributed by atoms with van der Waals surface area (Å²) >= 11 is 0. The van der Waals surface area contributed by atoms with Crippen molar-refractivity contribution in [1.29, 1.82) is 0 Å². The van der Waals surface area contributed by atoms with E-state index in [1.54, 1.807) is 0 Å². The van der Waals surface area contributed by atoms with Crippen molar-refractivity contribution in [3.8, 4) is 0 Å². The quantitative estimate of drug-likeness (QED) is 0.689. The Labute approximate surface area is 73.2 Å². The molecule has 70 valence electrons. The molecule has 3 nitrogen and oxygen atoms in total. The molecule has 0 aromatic carbocycles. The predicted molar refractivity (Wildman–Crippen MR) is 45.7 cm³/mol. The minimum absolute atomic E-state index is 0.00199. The highest BCUT2D eigenvalue weighted by atomic mass is 16.7. The third kappa shape index (κ3) is 1.79. The van der Waals surface area contributed by atoms with Gasteiger partial charge in [0.05, 0.1) is 5.60 Å². The van der Waals surface area contributed by atoms with Crippen molar-refractivity contribution in [2.45, 2.75) is 44.0 Å². The Hall–Kier alpha value is -0.120. The molecule has 0 spiro atoms. The average molecular weight is 171 g/mol. The SMILES string of the molecule is NCC1(OC2CCCCO2)CC1. The van der Waals surface area contributed by atoms with Gasteiger partial charge >= 0.3 is 0 Å². The van der Waals surface area contributed by atoms with Crippen LogP contribution in [0.1, 0.15) is 32.1 Å². The van der Waals surface area contributed by atoms with Gasteiger partial charge in [0.25, 0.3) is 0 Å². The number of nitrogens with two attached hydrogens (primary N) is 1. The highest BCUT2D eigenvalue weighted by Crippen LogP contribution is 2.40. The Morgan fingerprint density at radius 2 is 2.25 bits per heavy atom. The molecule has 1 heterocycles. The third-order valence-electron chi connectivity index (χ3n) is 2.70. The molecule has 12 heavy (non-hydrogen) atoms. The summed E-state index contributed by atoms with van der Waals surface area (Å²) in [6.07, 6.45) is 5.71. The van der Waals surface area contributed by atoms with E-state index in [2.05, 4.69) is 0 Å². The van der Waals surface area contributed by atoms with Crippen LogP contribution in [0.15, 0.2) is 0 Å². The van der Waals surface area contributed by atoms with Gasteiger partial charge in [-0.05, 0) is 32.1 Å². The molecule has 2 fully saturated rings. The van der Waals surface area contributed by atoms with E-state index in [0.717, 1.165) is 25.9 Å². The molecule has 0 aromatic rings. The number of rotatable bonds is 3. The van der Waals surface area contributed by atoms with Crippen LogP contribution < -0.4 is 5.73 Å². The van der Waals surface area contributed by atoms with Crippen molar-refractivity contribution in [3.05, 3.63) is 0 Å². The summed E-state index contributed by atoms with van der Waals surface area (Å²) in [5, 5.41) is 0. The van der Waals surface area contributed by atoms with Crippen LogP contribution in [0.3, 0.4) is 0 Å².